The van der Waals surface area contributed by atoms with Crippen molar-refractivity contribution in [2.75, 3.05) is 30.0 Å². The summed E-state index contributed by atoms with van der Waals surface area (Å²) < 4.78 is 66.8. The summed E-state index contributed by atoms with van der Waals surface area (Å²) in [6, 6.07) is 2.55. The van der Waals surface area contributed by atoms with Crippen molar-refractivity contribution >= 4 is 21.6 Å². The normalized spacial score (nSPS) is 19.4. The average Bonchev–Trinajstić information content (AvgIpc) is 2.85. The minimum atomic E-state index is -4.61. The van der Waals surface area contributed by atoms with Gasteiger partial charge in [-0.3, -0.25) is 0 Å². The molecule has 6 nitrogen and oxygen atoms in total. The number of halogens is 3. The molecular weight excluding hydrogens is 361 g/mol. The van der Waals surface area contributed by atoms with Gasteiger partial charge in [-0.15, -0.1) is 0 Å². The van der Waals surface area contributed by atoms with E-state index in [1.807, 2.05) is 0 Å². The highest BCUT2D eigenvalue weighted by Gasteiger charge is 2.35. The molecule has 2 N–H and O–H groups in total. The van der Waals surface area contributed by atoms with E-state index >= 15 is 0 Å². The van der Waals surface area contributed by atoms with Crippen LogP contribution in [0.3, 0.4) is 0 Å². The Kier molecular flexibility index (Phi) is 5.81. The number of ether oxygens (including phenoxy) is 1. The highest BCUT2D eigenvalue weighted by atomic mass is 32.2. The number of anilines is 1. The lowest BCUT2D eigenvalue weighted by Gasteiger charge is -2.15. The Morgan fingerprint density at radius 2 is 2.08 bits per heavy atom. The summed E-state index contributed by atoms with van der Waals surface area (Å²) in [6.45, 7) is 1.80. The molecule has 1 aliphatic rings. The average molecular weight is 380 g/mol. The standard InChI is InChI=1S/C15H19F3N2O4S/c1-2-24-13-4-3-11(7-12(13)15(16,17)18)20-14(21)19-8-10-5-6-25(22,23)9-10/h3-4,7,10H,2,5-6,8-9H2,1H3,(H2,19,20,21). The van der Waals surface area contributed by atoms with Crippen molar-refractivity contribution in [3.63, 3.8) is 0 Å². The molecule has 25 heavy (non-hydrogen) atoms. The number of benzene rings is 1. The Hall–Kier alpha value is -1.97. The van der Waals surface area contributed by atoms with Crippen molar-refractivity contribution < 1.29 is 31.1 Å². The van der Waals surface area contributed by atoms with Gasteiger partial charge in [-0.25, -0.2) is 13.2 Å². The van der Waals surface area contributed by atoms with Gasteiger partial charge in [0.1, 0.15) is 5.75 Å². The maximum atomic E-state index is 13.0. The molecule has 0 spiro atoms. The van der Waals surface area contributed by atoms with E-state index in [1.165, 1.54) is 6.07 Å². The highest BCUT2D eigenvalue weighted by molar-refractivity contribution is 7.91. The number of rotatable bonds is 5. The molecule has 0 bridgehead atoms. The third kappa shape index (κ3) is 5.52. The first-order valence-electron chi connectivity index (χ1n) is 7.70. The topological polar surface area (TPSA) is 84.5 Å². The van der Waals surface area contributed by atoms with Gasteiger partial charge in [0.25, 0.3) is 0 Å². The fourth-order valence-electron chi connectivity index (χ4n) is 2.56. The summed E-state index contributed by atoms with van der Waals surface area (Å²) in [7, 11) is -3.05. The first-order chi connectivity index (χ1) is 11.6. The predicted octanol–water partition coefficient (Wildman–Crippen LogP) is 2.66. The number of urea groups is 1. The summed E-state index contributed by atoms with van der Waals surface area (Å²) >= 11 is 0. The van der Waals surface area contributed by atoms with Gasteiger partial charge in [0.15, 0.2) is 9.84 Å². The lowest BCUT2D eigenvalue weighted by molar-refractivity contribution is -0.138. The molecule has 1 aliphatic heterocycles. The van der Waals surface area contributed by atoms with Crippen molar-refractivity contribution in [1.29, 1.82) is 0 Å². The molecule has 0 aromatic heterocycles. The fourth-order valence-corrected chi connectivity index (χ4v) is 4.42. The van der Waals surface area contributed by atoms with Crippen molar-refractivity contribution in [3.05, 3.63) is 23.8 Å². The van der Waals surface area contributed by atoms with Crippen molar-refractivity contribution in [3.8, 4) is 5.75 Å². The summed E-state index contributed by atoms with van der Waals surface area (Å²) in [5.74, 6) is -0.387. The predicted molar refractivity (Wildman–Crippen MR) is 86.4 cm³/mol. The molecule has 2 amide bonds. The summed E-state index contributed by atoms with van der Waals surface area (Å²) in [5, 5.41) is 4.80. The minimum Gasteiger partial charge on any atom is -0.493 e. The van der Waals surface area contributed by atoms with Crippen LogP contribution in [0.25, 0.3) is 0 Å². The van der Waals surface area contributed by atoms with Crippen LogP contribution >= 0.6 is 0 Å². The van der Waals surface area contributed by atoms with E-state index in [-0.39, 0.29) is 42.0 Å². The van der Waals surface area contributed by atoms with Crippen LogP contribution in [-0.4, -0.2) is 39.1 Å². The van der Waals surface area contributed by atoms with Gasteiger partial charge in [-0.1, -0.05) is 0 Å². The lowest BCUT2D eigenvalue weighted by Crippen LogP contribution is -2.33. The molecule has 10 heteroatoms. The Morgan fingerprint density at radius 3 is 2.64 bits per heavy atom. The number of carbonyl (C=O) groups excluding carboxylic acids is 1. The largest absolute Gasteiger partial charge is 0.493 e. The molecule has 2 rings (SSSR count). The van der Waals surface area contributed by atoms with E-state index in [1.54, 1.807) is 6.92 Å². The van der Waals surface area contributed by atoms with Gasteiger partial charge >= 0.3 is 12.2 Å². The Balaban J connectivity index is 1.98. The van der Waals surface area contributed by atoms with Gasteiger partial charge in [0.05, 0.1) is 23.7 Å². The molecule has 0 aliphatic carbocycles. The van der Waals surface area contributed by atoms with Crippen LogP contribution in [-0.2, 0) is 16.0 Å². The van der Waals surface area contributed by atoms with Gasteiger partial charge < -0.3 is 15.4 Å². The van der Waals surface area contributed by atoms with Crippen LogP contribution in [0.1, 0.15) is 18.9 Å². The molecule has 1 atom stereocenters. The van der Waals surface area contributed by atoms with Crippen LogP contribution in [0, 0.1) is 5.92 Å². The van der Waals surface area contributed by atoms with E-state index in [0.717, 1.165) is 12.1 Å². The number of nitrogens with one attached hydrogen (secondary N) is 2. The lowest BCUT2D eigenvalue weighted by atomic mass is 10.1. The maximum Gasteiger partial charge on any atom is 0.420 e. The number of carbonyl (C=O) groups is 1. The molecule has 0 radical (unpaired) electrons. The zero-order valence-electron chi connectivity index (χ0n) is 13.5. The molecule has 1 aromatic rings. The van der Waals surface area contributed by atoms with Crippen molar-refractivity contribution in [2.24, 2.45) is 5.92 Å². The highest BCUT2D eigenvalue weighted by Crippen LogP contribution is 2.37. The molecule has 1 fully saturated rings. The second-order valence-corrected chi connectivity index (χ2v) is 7.97. The fraction of sp³-hybridized carbons (Fsp3) is 0.533. The SMILES string of the molecule is CCOc1ccc(NC(=O)NCC2CCS(=O)(=O)C2)cc1C(F)(F)F. The summed E-state index contributed by atoms with van der Waals surface area (Å²) in [4.78, 5) is 11.8. The number of hydrogen-bond donors (Lipinski definition) is 2. The summed E-state index contributed by atoms with van der Waals surface area (Å²) in [5.41, 5.74) is -1.01. The minimum absolute atomic E-state index is 0.00849. The van der Waals surface area contributed by atoms with E-state index in [2.05, 4.69) is 10.6 Å². The van der Waals surface area contributed by atoms with Gasteiger partial charge in [-0.2, -0.15) is 13.2 Å². The van der Waals surface area contributed by atoms with Gasteiger partial charge in [-0.05, 0) is 37.5 Å². The first kappa shape index (κ1) is 19.4. The van der Waals surface area contributed by atoms with Crippen LogP contribution in [0.15, 0.2) is 18.2 Å². The second kappa shape index (κ2) is 7.51. The first-order valence-corrected chi connectivity index (χ1v) is 9.52. The smallest absolute Gasteiger partial charge is 0.420 e. The number of sulfone groups is 1. The maximum absolute atomic E-state index is 13.0. The Morgan fingerprint density at radius 1 is 1.36 bits per heavy atom. The van der Waals surface area contributed by atoms with Gasteiger partial charge in [0, 0.05) is 12.2 Å². The third-order valence-corrected chi connectivity index (χ3v) is 5.56. The summed E-state index contributed by atoms with van der Waals surface area (Å²) in [6.07, 6.45) is -4.15. The van der Waals surface area contributed by atoms with Crippen LogP contribution in [0.2, 0.25) is 0 Å². The van der Waals surface area contributed by atoms with Crippen molar-refractivity contribution in [1.82, 2.24) is 5.32 Å². The zero-order chi connectivity index (χ0) is 18.7. The van der Waals surface area contributed by atoms with Gasteiger partial charge in [0.2, 0.25) is 0 Å². The van der Waals surface area contributed by atoms with Crippen molar-refractivity contribution in [2.45, 2.75) is 19.5 Å². The van der Waals surface area contributed by atoms with Crippen LogP contribution in [0.4, 0.5) is 23.7 Å². The molecule has 1 unspecified atom stereocenters. The molecule has 1 saturated heterocycles. The second-order valence-electron chi connectivity index (χ2n) is 5.75. The molecular formula is C15H19F3N2O4S. The number of hydrogen-bond acceptors (Lipinski definition) is 4. The molecule has 1 aromatic carbocycles. The van der Waals surface area contributed by atoms with E-state index < -0.39 is 27.6 Å². The molecule has 140 valence electrons. The third-order valence-electron chi connectivity index (χ3n) is 3.72. The molecule has 1 heterocycles. The number of alkyl halides is 3. The van der Waals surface area contributed by atoms with Crippen LogP contribution in [0.5, 0.6) is 5.75 Å². The van der Waals surface area contributed by atoms with E-state index in [4.69, 9.17) is 4.74 Å². The monoisotopic (exact) mass is 380 g/mol. The zero-order valence-corrected chi connectivity index (χ0v) is 14.3. The van der Waals surface area contributed by atoms with E-state index in [0.29, 0.717) is 6.42 Å². The molecule has 0 saturated carbocycles. The van der Waals surface area contributed by atoms with Crippen LogP contribution < -0.4 is 15.4 Å². The Labute approximate surface area is 143 Å². The number of amides is 2. The van der Waals surface area contributed by atoms with E-state index in [9.17, 15) is 26.4 Å². The Bertz CT molecular complexity index is 735. The quantitative estimate of drug-likeness (QED) is 0.823.